The van der Waals surface area contributed by atoms with Gasteiger partial charge in [0.1, 0.15) is 5.69 Å². The zero-order valence-electron chi connectivity index (χ0n) is 15.8. The second kappa shape index (κ2) is 8.20. The Morgan fingerprint density at radius 3 is 2.44 bits per heavy atom. The van der Waals surface area contributed by atoms with Crippen LogP contribution >= 0.6 is 0 Å². The van der Waals surface area contributed by atoms with Crippen molar-refractivity contribution in [1.82, 2.24) is 0 Å². The predicted molar refractivity (Wildman–Crippen MR) is 107 cm³/mol. The van der Waals surface area contributed by atoms with E-state index in [1.54, 1.807) is 12.1 Å². The number of carbonyl (C=O) groups excluding carboxylic acids is 1. The first kappa shape index (κ1) is 18.9. The minimum atomic E-state index is -0.403. The lowest BCUT2D eigenvalue weighted by Crippen LogP contribution is -2.33. The van der Waals surface area contributed by atoms with E-state index in [0.29, 0.717) is 17.3 Å². The van der Waals surface area contributed by atoms with Gasteiger partial charge in [0.05, 0.1) is 4.92 Å². The van der Waals surface area contributed by atoms with E-state index in [-0.39, 0.29) is 17.2 Å². The molecule has 1 aliphatic heterocycles. The van der Waals surface area contributed by atoms with Gasteiger partial charge in [-0.2, -0.15) is 0 Å². The van der Waals surface area contributed by atoms with Gasteiger partial charge in [-0.15, -0.1) is 0 Å². The summed E-state index contributed by atoms with van der Waals surface area (Å²) in [6, 6.07) is 12.3. The molecule has 6 nitrogen and oxygen atoms in total. The molecule has 0 atom stereocenters. The van der Waals surface area contributed by atoms with E-state index in [1.807, 2.05) is 29.2 Å². The molecule has 1 fully saturated rings. The molecule has 6 heteroatoms. The molecule has 2 aromatic carbocycles. The third kappa shape index (κ3) is 4.45. The Morgan fingerprint density at radius 1 is 1.19 bits per heavy atom. The smallest absolute Gasteiger partial charge is 0.293 e. The quantitative estimate of drug-likeness (QED) is 0.617. The van der Waals surface area contributed by atoms with Gasteiger partial charge in [-0.1, -0.05) is 26.0 Å². The van der Waals surface area contributed by atoms with Crippen molar-refractivity contribution >= 4 is 23.0 Å². The molecule has 1 saturated heterocycles. The molecule has 0 unspecified atom stereocenters. The van der Waals surface area contributed by atoms with Crippen molar-refractivity contribution in [2.24, 2.45) is 5.92 Å². The van der Waals surface area contributed by atoms with Crippen LogP contribution < -0.4 is 10.2 Å². The highest BCUT2D eigenvalue weighted by atomic mass is 16.6. The van der Waals surface area contributed by atoms with Gasteiger partial charge in [0.15, 0.2) is 0 Å². The summed E-state index contributed by atoms with van der Waals surface area (Å²) in [5.41, 5.74) is 2.72. The summed E-state index contributed by atoms with van der Waals surface area (Å²) in [6.45, 7) is 5.87. The van der Waals surface area contributed by atoms with Gasteiger partial charge in [-0.3, -0.25) is 14.9 Å². The molecule has 1 N–H and O–H groups in total. The van der Waals surface area contributed by atoms with E-state index in [0.717, 1.165) is 32.4 Å². The maximum Gasteiger partial charge on any atom is 0.293 e. The first-order valence-corrected chi connectivity index (χ1v) is 9.41. The maximum absolute atomic E-state index is 12.5. The number of nitro benzene ring substituents is 1. The van der Waals surface area contributed by atoms with Crippen molar-refractivity contribution in [3.05, 3.63) is 63.7 Å². The summed E-state index contributed by atoms with van der Waals surface area (Å²) < 4.78 is 0. The third-order valence-corrected chi connectivity index (χ3v) is 5.18. The summed E-state index contributed by atoms with van der Waals surface area (Å²) in [5, 5.41) is 14.4. The normalized spacial score (nSPS) is 14.8. The number of hydrogen-bond donors (Lipinski definition) is 1. The van der Waals surface area contributed by atoms with Crippen molar-refractivity contribution in [2.75, 3.05) is 23.3 Å². The van der Waals surface area contributed by atoms with Crippen LogP contribution in [0, 0.1) is 16.0 Å². The van der Waals surface area contributed by atoms with Gasteiger partial charge in [0.25, 0.3) is 11.6 Å². The number of benzene rings is 2. The van der Waals surface area contributed by atoms with Gasteiger partial charge in [0, 0.05) is 30.4 Å². The molecule has 0 aliphatic carbocycles. The van der Waals surface area contributed by atoms with Crippen LogP contribution in [0.2, 0.25) is 0 Å². The molecule has 0 radical (unpaired) electrons. The summed E-state index contributed by atoms with van der Waals surface area (Å²) in [5.74, 6) is 0.297. The Bertz CT molecular complexity index is 825. The zero-order valence-corrected chi connectivity index (χ0v) is 15.8. The molecule has 3 rings (SSSR count). The number of nitrogens with zero attached hydrogens (tertiary/aromatic N) is 2. The molecule has 1 heterocycles. The molecule has 1 amide bonds. The van der Waals surface area contributed by atoms with Crippen molar-refractivity contribution in [3.63, 3.8) is 0 Å². The van der Waals surface area contributed by atoms with E-state index in [4.69, 9.17) is 0 Å². The fourth-order valence-electron chi connectivity index (χ4n) is 3.35. The molecular formula is C21H25N3O3. The molecule has 27 heavy (non-hydrogen) atoms. The Morgan fingerprint density at radius 2 is 1.85 bits per heavy atom. The van der Waals surface area contributed by atoms with Crippen molar-refractivity contribution in [1.29, 1.82) is 0 Å². The Hall–Kier alpha value is -2.89. The minimum Gasteiger partial charge on any atom is -0.366 e. The molecule has 2 aromatic rings. The zero-order chi connectivity index (χ0) is 19.4. The van der Waals surface area contributed by atoms with Crippen LogP contribution in [0.3, 0.4) is 0 Å². The minimum absolute atomic E-state index is 0.0152. The fraction of sp³-hybridized carbons (Fsp3) is 0.381. The number of piperidine rings is 1. The van der Waals surface area contributed by atoms with Gasteiger partial charge in [-0.05, 0) is 55.0 Å². The monoisotopic (exact) mass is 367 g/mol. The van der Waals surface area contributed by atoms with Crippen LogP contribution in [0.4, 0.5) is 17.1 Å². The molecule has 0 aromatic heterocycles. The highest BCUT2D eigenvalue weighted by Gasteiger charge is 2.24. The highest BCUT2D eigenvalue weighted by Crippen LogP contribution is 2.32. The molecule has 0 spiro atoms. The molecule has 0 saturated carbocycles. The Balaban J connectivity index is 1.80. The fourth-order valence-corrected chi connectivity index (χ4v) is 3.35. The van der Waals surface area contributed by atoms with Crippen LogP contribution in [0.25, 0.3) is 0 Å². The third-order valence-electron chi connectivity index (χ3n) is 5.18. The van der Waals surface area contributed by atoms with Crippen molar-refractivity contribution in [3.8, 4) is 0 Å². The summed E-state index contributed by atoms with van der Waals surface area (Å²) in [4.78, 5) is 25.7. The van der Waals surface area contributed by atoms with Crippen LogP contribution in [0.1, 0.15) is 42.6 Å². The standard InChI is InChI=1S/C21H25N3O3/c1-3-16-4-7-18(8-5-16)22-21(25)17-6-9-19(20(14-17)24(26)27)23-12-10-15(2)11-13-23/h4-9,14-15H,3,10-13H2,1-2H3,(H,22,25). The van der Waals surface area contributed by atoms with Crippen LogP contribution in [0.15, 0.2) is 42.5 Å². The number of aryl methyl sites for hydroxylation is 1. The molecular weight excluding hydrogens is 342 g/mol. The van der Waals surface area contributed by atoms with Crippen molar-refractivity contribution in [2.45, 2.75) is 33.1 Å². The van der Waals surface area contributed by atoms with Gasteiger partial charge >= 0.3 is 0 Å². The number of nitrogens with one attached hydrogen (secondary N) is 1. The number of carbonyl (C=O) groups is 1. The second-order valence-corrected chi connectivity index (χ2v) is 7.13. The predicted octanol–water partition coefficient (Wildman–Crippen LogP) is 4.65. The van der Waals surface area contributed by atoms with Crippen molar-refractivity contribution < 1.29 is 9.72 Å². The van der Waals surface area contributed by atoms with Gasteiger partial charge in [0.2, 0.25) is 0 Å². The Kier molecular flexibility index (Phi) is 5.74. The average Bonchev–Trinajstić information content (AvgIpc) is 2.68. The first-order chi connectivity index (χ1) is 13.0. The molecule has 1 aliphatic rings. The summed E-state index contributed by atoms with van der Waals surface area (Å²) in [7, 11) is 0. The lowest BCUT2D eigenvalue weighted by Gasteiger charge is -2.31. The van der Waals surface area contributed by atoms with E-state index in [1.165, 1.54) is 11.6 Å². The molecule has 0 bridgehead atoms. The average molecular weight is 367 g/mol. The van der Waals surface area contributed by atoms with E-state index < -0.39 is 4.92 Å². The first-order valence-electron chi connectivity index (χ1n) is 9.41. The van der Waals surface area contributed by atoms with E-state index >= 15 is 0 Å². The van der Waals surface area contributed by atoms with Crippen LogP contribution in [0.5, 0.6) is 0 Å². The molecule has 142 valence electrons. The SMILES string of the molecule is CCc1ccc(NC(=O)c2ccc(N3CCC(C)CC3)c([N+](=O)[O-])c2)cc1. The number of rotatable bonds is 5. The number of nitro groups is 1. The Labute approximate surface area is 159 Å². The largest absolute Gasteiger partial charge is 0.366 e. The van der Waals surface area contributed by atoms with Crippen LogP contribution in [-0.2, 0) is 6.42 Å². The van der Waals surface area contributed by atoms with E-state index in [9.17, 15) is 14.9 Å². The second-order valence-electron chi connectivity index (χ2n) is 7.13. The van der Waals surface area contributed by atoms with Gasteiger partial charge in [-0.25, -0.2) is 0 Å². The number of anilines is 2. The van der Waals surface area contributed by atoms with E-state index in [2.05, 4.69) is 19.2 Å². The lowest BCUT2D eigenvalue weighted by atomic mass is 9.98. The van der Waals surface area contributed by atoms with Gasteiger partial charge < -0.3 is 10.2 Å². The van der Waals surface area contributed by atoms with Crippen LogP contribution in [-0.4, -0.2) is 23.9 Å². The lowest BCUT2D eigenvalue weighted by molar-refractivity contribution is -0.384. The topological polar surface area (TPSA) is 75.5 Å². The maximum atomic E-state index is 12.5. The number of hydrogen-bond acceptors (Lipinski definition) is 4. The summed E-state index contributed by atoms with van der Waals surface area (Å²) >= 11 is 0. The number of amides is 1. The highest BCUT2D eigenvalue weighted by molar-refractivity contribution is 6.05. The summed E-state index contributed by atoms with van der Waals surface area (Å²) in [6.07, 6.45) is 2.97.